The summed E-state index contributed by atoms with van der Waals surface area (Å²) in [5.74, 6) is 0. The molecule has 6 nitrogen and oxygen atoms in total. The van der Waals surface area contributed by atoms with E-state index in [-0.39, 0.29) is 18.7 Å². The van der Waals surface area contributed by atoms with E-state index in [4.69, 9.17) is 29.4 Å². The molecular formula is C22H49NO5P2. The average molecular weight is 470 g/mol. The van der Waals surface area contributed by atoms with Crippen molar-refractivity contribution < 1.29 is 23.7 Å². The van der Waals surface area contributed by atoms with Crippen LogP contribution in [0.15, 0.2) is 0 Å². The molecule has 5 unspecified atom stereocenters. The van der Waals surface area contributed by atoms with Gasteiger partial charge in [0.05, 0.1) is 12.7 Å². The Labute approximate surface area is 190 Å². The first-order valence-corrected chi connectivity index (χ1v) is 13.1. The Bertz CT molecular complexity index is 356. The van der Waals surface area contributed by atoms with Crippen molar-refractivity contribution in [3.05, 3.63) is 0 Å². The molecule has 0 aliphatic carbocycles. The van der Waals surface area contributed by atoms with E-state index in [1.54, 1.807) is 0 Å². The minimum Gasteiger partial charge on any atom is -0.377 e. The zero-order valence-corrected chi connectivity index (χ0v) is 22.2. The Morgan fingerprint density at radius 3 is 1.47 bits per heavy atom. The van der Waals surface area contributed by atoms with Crippen LogP contribution in [0.3, 0.4) is 0 Å². The maximum Gasteiger partial charge on any atom is 0.157 e. The Hall–Kier alpha value is 0.620. The molecule has 8 heteroatoms. The fraction of sp³-hybridized carbons (Fsp3) is 1.00. The normalized spacial score (nSPS) is 15.1. The van der Waals surface area contributed by atoms with E-state index in [0.29, 0.717) is 50.9 Å². The number of ether oxygens (including phenoxy) is 5. The van der Waals surface area contributed by atoms with Crippen molar-refractivity contribution in [2.45, 2.75) is 103 Å². The van der Waals surface area contributed by atoms with Crippen LogP contribution in [0.1, 0.15) is 72.6 Å². The van der Waals surface area contributed by atoms with Crippen LogP contribution in [-0.2, 0) is 23.7 Å². The van der Waals surface area contributed by atoms with Crippen LogP contribution in [-0.4, -0.2) is 69.6 Å². The van der Waals surface area contributed by atoms with E-state index in [1.807, 2.05) is 27.7 Å². The van der Waals surface area contributed by atoms with Crippen molar-refractivity contribution in [1.29, 1.82) is 0 Å². The van der Waals surface area contributed by atoms with Gasteiger partial charge in [-0.25, -0.2) is 0 Å². The molecule has 0 aromatic heterocycles. The van der Waals surface area contributed by atoms with Crippen molar-refractivity contribution >= 4 is 18.5 Å². The van der Waals surface area contributed by atoms with Gasteiger partial charge in [0.15, 0.2) is 12.6 Å². The molecule has 0 radical (unpaired) electrons. The van der Waals surface area contributed by atoms with E-state index in [1.165, 1.54) is 0 Å². The highest BCUT2D eigenvalue weighted by molar-refractivity contribution is 7.17. The van der Waals surface area contributed by atoms with Gasteiger partial charge in [-0.3, -0.25) is 0 Å². The highest BCUT2D eigenvalue weighted by Crippen LogP contribution is 2.24. The van der Waals surface area contributed by atoms with Gasteiger partial charge in [-0.05, 0) is 84.0 Å². The van der Waals surface area contributed by atoms with E-state index in [0.717, 1.165) is 44.9 Å². The monoisotopic (exact) mass is 469 g/mol. The summed E-state index contributed by atoms with van der Waals surface area (Å²) in [4.78, 5) is 0. The van der Waals surface area contributed by atoms with Crippen LogP contribution in [0.4, 0.5) is 0 Å². The highest BCUT2D eigenvalue weighted by atomic mass is 31.0. The first kappa shape index (κ1) is 30.6. The summed E-state index contributed by atoms with van der Waals surface area (Å²) in [7, 11) is 5.96. The first-order chi connectivity index (χ1) is 14.5. The first-order valence-electron chi connectivity index (χ1n) is 11.8. The van der Waals surface area contributed by atoms with Crippen LogP contribution >= 0.6 is 18.5 Å². The van der Waals surface area contributed by atoms with E-state index >= 15 is 0 Å². The zero-order chi connectivity index (χ0) is 22.6. The Balaban J connectivity index is 4.38. The van der Waals surface area contributed by atoms with Crippen molar-refractivity contribution in [2.75, 3.05) is 39.6 Å². The zero-order valence-electron chi connectivity index (χ0n) is 19.9. The Morgan fingerprint density at radius 1 is 0.600 bits per heavy atom. The molecule has 5 atom stereocenters. The number of hydrogen-bond acceptors (Lipinski definition) is 6. The van der Waals surface area contributed by atoms with Crippen molar-refractivity contribution in [3.63, 3.8) is 0 Å². The third-order valence-corrected chi connectivity index (χ3v) is 6.13. The van der Waals surface area contributed by atoms with Crippen molar-refractivity contribution in [1.82, 2.24) is 0 Å². The molecule has 0 spiro atoms. The lowest BCUT2D eigenvalue weighted by atomic mass is 10.0. The minimum atomic E-state index is -0.105. The standard InChI is InChI=1S/C22H49NO5P2/c1-5-24-21(25-6-2)13-11-19(29)10-9-18(28-16-15-23)17-20(30)12-14-22(26-7-3)27-8-4/h18-22H,5-17,23,29-30H2,1-4H3. The van der Waals surface area contributed by atoms with Crippen molar-refractivity contribution in [2.24, 2.45) is 5.73 Å². The van der Waals surface area contributed by atoms with E-state index in [9.17, 15) is 0 Å². The van der Waals surface area contributed by atoms with Crippen LogP contribution in [0.5, 0.6) is 0 Å². The van der Waals surface area contributed by atoms with Crippen LogP contribution in [0.2, 0.25) is 0 Å². The lowest BCUT2D eigenvalue weighted by molar-refractivity contribution is -0.140. The molecule has 0 saturated heterocycles. The third kappa shape index (κ3) is 17.2. The SMILES string of the molecule is CCOC(CCC(P)CCC(CC(P)CCC(OCC)OCC)OCCN)OCC. The number of rotatable bonds is 22. The van der Waals surface area contributed by atoms with Gasteiger partial charge in [-0.15, -0.1) is 18.5 Å². The molecule has 0 aliphatic rings. The molecular weight excluding hydrogens is 420 g/mol. The minimum absolute atomic E-state index is 0.0904. The molecule has 0 bridgehead atoms. The maximum absolute atomic E-state index is 6.06. The average Bonchev–Trinajstić information content (AvgIpc) is 2.72. The van der Waals surface area contributed by atoms with Crippen LogP contribution < -0.4 is 5.73 Å². The highest BCUT2D eigenvalue weighted by Gasteiger charge is 2.18. The maximum atomic E-state index is 6.06. The van der Waals surface area contributed by atoms with E-state index < -0.39 is 0 Å². The van der Waals surface area contributed by atoms with Gasteiger partial charge in [-0.1, -0.05) is 0 Å². The summed E-state index contributed by atoms with van der Waals surface area (Å²) in [6, 6.07) is 0. The molecule has 0 fully saturated rings. The molecule has 0 heterocycles. The second kappa shape index (κ2) is 21.5. The lowest BCUT2D eigenvalue weighted by Gasteiger charge is -2.25. The second-order valence-electron chi connectivity index (χ2n) is 7.45. The summed E-state index contributed by atoms with van der Waals surface area (Å²) in [5, 5.41) is 0. The van der Waals surface area contributed by atoms with Gasteiger partial charge in [0.2, 0.25) is 0 Å². The topological polar surface area (TPSA) is 72.2 Å². The van der Waals surface area contributed by atoms with Crippen LogP contribution in [0.25, 0.3) is 0 Å². The molecule has 30 heavy (non-hydrogen) atoms. The largest absolute Gasteiger partial charge is 0.377 e. The fourth-order valence-corrected chi connectivity index (χ4v) is 4.26. The van der Waals surface area contributed by atoms with Gasteiger partial charge in [0.1, 0.15) is 0 Å². The fourth-order valence-electron chi connectivity index (χ4n) is 3.38. The molecule has 0 aromatic carbocycles. The Morgan fingerprint density at radius 2 is 1.03 bits per heavy atom. The van der Waals surface area contributed by atoms with Gasteiger partial charge in [-0.2, -0.15) is 0 Å². The lowest BCUT2D eigenvalue weighted by Crippen LogP contribution is -2.24. The predicted octanol–water partition coefficient (Wildman–Crippen LogP) is 4.35. The van der Waals surface area contributed by atoms with Crippen molar-refractivity contribution in [3.8, 4) is 0 Å². The van der Waals surface area contributed by atoms with Gasteiger partial charge >= 0.3 is 0 Å². The van der Waals surface area contributed by atoms with Crippen LogP contribution in [0, 0.1) is 0 Å². The van der Waals surface area contributed by atoms with E-state index in [2.05, 4.69) is 18.5 Å². The molecule has 0 aromatic rings. The molecule has 0 rings (SSSR count). The van der Waals surface area contributed by atoms with Gasteiger partial charge in [0, 0.05) is 33.0 Å². The molecule has 0 amide bonds. The number of nitrogens with two attached hydrogens (primary N) is 1. The molecule has 182 valence electrons. The predicted molar refractivity (Wildman–Crippen MR) is 132 cm³/mol. The third-order valence-electron chi connectivity index (χ3n) is 4.85. The summed E-state index contributed by atoms with van der Waals surface area (Å²) < 4.78 is 28.7. The second-order valence-corrected chi connectivity index (χ2v) is 9.34. The number of hydrogen-bond donors (Lipinski definition) is 1. The molecule has 0 saturated carbocycles. The summed E-state index contributed by atoms with van der Waals surface area (Å²) >= 11 is 0. The Kier molecular flexibility index (Phi) is 21.9. The summed E-state index contributed by atoms with van der Waals surface area (Å²) in [6.45, 7) is 11.9. The summed E-state index contributed by atoms with van der Waals surface area (Å²) in [6.07, 6.45) is 7.10. The van der Waals surface area contributed by atoms with Gasteiger partial charge < -0.3 is 29.4 Å². The molecule has 0 aliphatic heterocycles. The van der Waals surface area contributed by atoms with Gasteiger partial charge in [0.25, 0.3) is 0 Å². The summed E-state index contributed by atoms with van der Waals surface area (Å²) in [5.41, 5.74) is 6.67. The quantitative estimate of drug-likeness (QED) is 0.188. The smallest absolute Gasteiger partial charge is 0.157 e. The molecule has 2 N–H and O–H groups in total.